The fourth-order valence-electron chi connectivity index (χ4n) is 9.85. The second kappa shape index (κ2) is 18.3. The Bertz CT molecular complexity index is 2870. The van der Waals surface area contributed by atoms with Gasteiger partial charge in [-0.2, -0.15) is 0 Å². The number of carbonyl (C=O) groups excluding carboxylic acids is 1. The summed E-state index contributed by atoms with van der Waals surface area (Å²) in [6, 6.07) is 65.5. The molecule has 64 heavy (non-hydrogen) atoms. The molecule has 4 nitrogen and oxygen atoms in total. The maximum atomic E-state index is 14.0. The summed E-state index contributed by atoms with van der Waals surface area (Å²) in [5.74, 6) is 0.707. The van der Waals surface area contributed by atoms with Crippen LogP contribution in [0.1, 0.15) is 97.9 Å². The Kier molecular flexibility index (Phi) is 11.7. The van der Waals surface area contributed by atoms with Gasteiger partial charge in [-0.3, -0.25) is 4.79 Å². The van der Waals surface area contributed by atoms with Crippen molar-refractivity contribution in [2.45, 2.75) is 70.8 Å². The van der Waals surface area contributed by atoms with Gasteiger partial charge in [-0.25, -0.2) is 0 Å². The molecule has 1 unspecified atom stereocenters. The SMILES string of the molecule is CCC/C=C(/C)CC(=O)c1cc(-c2ccc(-n3c4c(c5cc(N(c6ccccc6)c6ccccc6)ccc53)C=CCC4N(c3ccccc3)c3ccccc3)cc2)ccc1C1CCC1. The molecular weight excluding hydrogens is 779 g/mol. The minimum absolute atomic E-state index is 0.00197. The fourth-order valence-corrected chi connectivity index (χ4v) is 9.85. The maximum Gasteiger partial charge on any atom is 0.167 e. The summed E-state index contributed by atoms with van der Waals surface area (Å²) < 4.78 is 2.50. The Hall–Kier alpha value is -7.17. The third-order valence-corrected chi connectivity index (χ3v) is 13.2. The number of para-hydroxylation sites is 4. The van der Waals surface area contributed by atoms with Crippen LogP contribution in [-0.2, 0) is 0 Å². The highest BCUT2D eigenvalue weighted by molar-refractivity contribution is 6.00. The molecule has 1 atom stereocenters. The Morgan fingerprint density at radius 1 is 0.656 bits per heavy atom. The van der Waals surface area contributed by atoms with Crippen LogP contribution in [0, 0.1) is 0 Å². The molecular formula is C60H55N3O. The molecule has 0 N–H and O–H groups in total. The van der Waals surface area contributed by atoms with Crippen molar-refractivity contribution in [3.05, 3.63) is 222 Å². The van der Waals surface area contributed by atoms with Gasteiger partial charge < -0.3 is 14.4 Å². The Morgan fingerprint density at radius 3 is 1.83 bits per heavy atom. The molecule has 1 aromatic heterocycles. The smallest absolute Gasteiger partial charge is 0.167 e. The highest BCUT2D eigenvalue weighted by Crippen LogP contribution is 2.47. The lowest BCUT2D eigenvalue weighted by atomic mass is 9.76. The summed E-state index contributed by atoms with van der Waals surface area (Å²) in [5, 5.41) is 1.20. The second-order valence-corrected chi connectivity index (χ2v) is 17.5. The summed E-state index contributed by atoms with van der Waals surface area (Å²) in [6.07, 6.45) is 13.9. The van der Waals surface area contributed by atoms with Crippen LogP contribution in [0.5, 0.6) is 0 Å². The number of benzene rings is 7. The highest BCUT2D eigenvalue weighted by atomic mass is 16.1. The summed E-state index contributed by atoms with van der Waals surface area (Å²) in [7, 11) is 0. The lowest BCUT2D eigenvalue weighted by Crippen LogP contribution is -2.27. The van der Waals surface area contributed by atoms with Crippen molar-refractivity contribution in [3.63, 3.8) is 0 Å². The van der Waals surface area contributed by atoms with Gasteiger partial charge in [-0.15, -0.1) is 0 Å². The number of rotatable bonds is 14. The number of hydrogen-bond acceptors (Lipinski definition) is 3. The number of nitrogens with zero attached hydrogens (tertiary/aromatic N) is 3. The molecule has 0 aliphatic heterocycles. The zero-order chi connectivity index (χ0) is 43.4. The molecule has 0 spiro atoms. The van der Waals surface area contributed by atoms with Gasteiger partial charge in [0.15, 0.2) is 5.78 Å². The van der Waals surface area contributed by atoms with Gasteiger partial charge in [0, 0.05) is 57.1 Å². The van der Waals surface area contributed by atoms with Crippen LogP contribution in [0.15, 0.2) is 200 Å². The van der Waals surface area contributed by atoms with Crippen molar-refractivity contribution < 1.29 is 4.79 Å². The molecule has 0 amide bonds. The molecule has 1 heterocycles. The molecule has 0 bridgehead atoms. The molecule has 2 aliphatic rings. The Labute approximate surface area is 378 Å². The molecule has 0 saturated heterocycles. The van der Waals surface area contributed by atoms with E-state index in [1.165, 1.54) is 28.6 Å². The highest BCUT2D eigenvalue weighted by Gasteiger charge is 2.32. The van der Waals surface area contributed by atoms with Crippen LogP contribution in [0.25, 0.3) is 33.8 Å². The van der Waals surface area contributed by atoms with Gasteiger partial charge in [0.1, 0.15) is 0 Å². The summed E-state index contributed by atoms with van der Waals surface area (Å²) >= 11 is 0. The van der Waals surface area contributed by atoms with Gasteiger partial charge in [0.05, 0.1) is 17.3 Å². The fraction of sp³-hybridized carbons (Fsp3) is 0.183. The zero-order valence-corrected chi connectivity index (χ0v) is 36.9. The molecule has 1 saturated carbocycles. The van der Waals surface area contributed by atoms with Crippen LogP contribution in [0.2, 0.25) is 0 Å². The predicted octanol–water partition coefficient (Wildman–Crippen LogP) is 16.7. The van der Waals surface area contributed by atoms with E-state index in [1.807, 2.05) is 0 Å². The standard InChI is InChI=1S/C60H55N3O/c1-3-4-19-43(2)40-59(64)56-41-46(34-38-53(56)45-20-17-21-45)44-32-35-51(36-33-44)63-57-39-37-52(61(47-22-9-5-10-23-47)48-24-11-6-12-25-48)42-55(57)54-30-18-31-58(60(54)63)62(49-26-13-7-14-27-49)50-28-15-8-16-29-50/h5-16,18-19,22-30,32-39,41-42,45,58H,3-4,17,20-21,31,40H2,1-2H3/b43-19-. The molecule has 4 heteroatoms. The monoisotopic (exact) mass is 833 g/mol. The Balaban J connectivity index is 1.12. The number of unbranched alkanes of at least 4 members (excludes halogenated alkanes) is 1. The number of carbonyl (C=O) groups is 1. The lowest BCUT2D eigenvalue weighted by Gasteiger charge is -2.36. The minimum atomic E-state index is 0.00197. The third kappa shape index (κ3) is 8.01. The van der Waals surface area contributed by atoms with Crippen molar-refractivity contribution in [1.82, 2.24) is 4.57 Å². The first kappa shape index (κ1) is 40.9. The van der Waals surface area contributed by atoms with Crippen molar-refractivity contribution in [3.8, 4) is 16.8 Å². The van der Waals surface area contributed by atoms with E-state index in [0.717, 1.165) is 94.0 Å². The van der Waals surface area contributed by atoms with Crippen molar-refractivity contribution in [2.75, 3.05) is 9.80 Å². The first-order valence-electron chi connectivity index (χ1n) is 23.1. The minimum Gasteiger partial charge on any atom is -0.332 e. The molecule has 7 aromatic carbocycles. The number of hydrogen-bond donors (Lipinski definition) is 0. The van der Waals surface area contributed by atoms with Gasteiger partial charge >= 0.3 is 0 Å². The molecule has 2 aliphatic carbocycles. The van der Waals surface area contributed by atoms with E-state index in [1.54, 1.807) is 0 Å². The van der Waals surface area contributed by atoms with E-state index >= 15 is 0 Å². The molecule has 8 aromatic rings. The number of aromatic nitrogens is 1. The molecule has 316 valence electrons. The van der Waals surface area contributed by atoms with Gasteiger partial charge in [0.2, 0.25) is 0 Å². The topological polar surface area (TPSA) is 28.5 Å². The summed E-state index contributed by atoms with van der Waals surface area (Å²) in [6.45, 7) is 4.29. The normalized spacial score (nSPS) is 14.8. The second-order valence-electron chi connectivity index (χ2n) is 17.5. The van der Waals surface area contributed by atoms with Crippen LogP contribution >= 0.6 is 0 Å². The average molecular weight is 834 g/mol. The lowest BCUT2D eigenvalue weighted by molar-refractivity contribution is 0.0991. The van der Waals surface area contributed by atoms with Gasteiger partial charge in [0.25, 0.3) is 0 Å². The van der Waals surface area contributed by atoms with E-state index in [0.29, 0.717) is 12.3 Å². The first-order valence-corrected chi connectivity index (χ1v) is 23.1. The number of ketones is 1. The van der Waals surface area contributed by atoms with Crippen LogP contribution in [0.4, 0.5) is 28.4 Å². The third-order valence-electron chi connectivity index (χ3n) is 13.2. The van der Waals surface area contributed by atoms with E-state index in [2.05, 4.69) is 228 Å². The van der Waals surface area contributed by atoms with Gasteiger partial charge in [-0.1, -0.05) is 141 Å². The largest absolute Gasteiger partial charge is 0.332 e. The van der Waals surface area contributed by atoms with E-state index in [-0.39, 0.29) is 11.8 Å². The Morgan fingerprint density at radius 2 is 1.25 bits per heavy atom. The van der Waals surface area contributed by atoms with Crippen molar-refractivity contribution in [2.24, 2.45) is 0 Å². The van der Waals surface area contributed by atoms with Crippen LogP contribution in [0.3, 0.4) is 0 Å². The van der Waals surface area contributed by atoms with Crippen molar-refractivity contribution >= 4 is 51.2 Å². The zero-order valence-electron chi connectivity index (χ0n) is 36.9. The first-order chi connectivity index (χ1) is 31.6. The quantitative estimate of drug-likeness (QED) is 0.0807. The number of allylic oxidation sites excluding steroid dienone is 2. The molecule has 1 fully saturated rings. The van der Waals surface area contributed by atoms with Gasteiger partial charge in [-0.05, 0) is 140 Å². The van der Waals surface area contributed by atoms with E-state index in [9.17, 15) is 4.79 Å². The van der Waals surface area contributed by atoms with Crippen LogP contribution in [-0.4, -0.2) is 10.4 Å². The number of anilines is 5. The summed E-state index contributed by atoms with van der Waals surface area (Å²) in [4.78, 5) is 18.9. The van der Waals surface area contributed by atoms with Crippen molar-refractivity contribution in [1.29, 1.82) is 0 Å². The van der Waals surface area contributed by atoms with E-state index in [4.69, 9.17) is 0 Å². The van der Waals surface area contributed by atoms with E-state index < -0.39 is 0 Å². The maximum absolute atomic E-state index is 14.0. The number of Topliss-reactive ketones (excluding diaryl/α,β-unsaturated/α-hetero) is 1. The number of fused-ring (bicyclic) bond motifs is 3. The average Bonchev–Trinajstić information content (AvgIpc) is 3.66. The molecule has 10 rings (SSSR count). The van der Waals surface area contributed by atoms with Crippen LogP contribution < -0.4 is 9.80 Å². The molecule has 0 radical (unpaired) electrons. The predicted molar refractivity (Wildman–Crippen MR) is 269 cm³/mol. The summed E-state index contributed by atoms with van der Waals surface area (Å²) in [5.41, 5.74) is 15.8.